The number of nitrogens with zero attached hydrogens (tertiary/aromatic N) is 1. The number of alkyl halides is 3. The number of aryl methyl sites for hydroxylation is 1. The van der Waals surface area contributed by atoms with Crippen molar-refractivity contribution in [1.82, 2.24) is 4.31 Å². The van der Waals surface area contributed by atoms with Crippen molar-refractivity contribution in [3.05, 3.63) is 108 Å². The Morgan fingerprint density at radius 2 is 1.55 bits per heavy atom. The summed E-state index contributed by atoms with van der Waals surface area (Å²) in [5.74, 6) is 0.00849. The summed E-state index contributed by atoms with van der Waals surface area (Å²) in [6, 6.07) is 16.8. The molecule has 3 aromatic carbocycles. The van der Waals surface area contributed by atoms with E-state index in [1.807, 2.05) is 6.92 Å². The maximum Gasteiger partial charge on any atom is 0.416 e. The molecule has 4 rings (SSSR count). The fourth-order valence-corrected chi connectivity index (χ4v) is 6.12. The van der Waals surface area contributed by atoms with Crippen LogP contribution in [-0.2, 0) is 39.4 Å². The minimum absolute atomic E-state index is 0.0294. The first-order valence-electron chi connectivity index (χ1n) is 11.7. The van der Waals surface area contributed by atoms with Crippen LogP contribution in [0, 0.1) is 6.92 Å². The van der Waals surface area contributed by atoms with E-state index >= 15 is 0 Å². The van der Waals surface area contributed by atoms with Gasteiger partial charge in [-0.25, -0.2) is 8.42 Å². The largest absolute Gasteiger partial charge is 0.493 e. The second-order valence-corrected chi connectivity index (χ2v) is 12.2. The van der Waals surface area contributed by atoms with Crippen LogP contribution in [0.25, 0.3) is 0 Å². The highest BCUT2D eigenvalue weighted by Crippen LogP contribution is 2.34. The number of methoxy groups -OCH3 is 1. The predicted octanol–water partition coefficient (Wildman–Crippen LogP) is 5.77. The van der Waals surface area contributed by atoms with Crippen molar-refractivity contribution in [2.45, 2.75) is 36.0 Å². The fraction of sp³-hybridized carbons (Fsp3) is 0.185. The van der Waals surface area contributed by atoms with E-state index in [-0.39, 0.29) is 29.5 Å². The van der Waals surface area contributed by atoms with Gasteiger partial charge in [0.05, 0.1) is 30.4 Å². The van der Waals surface area contributed by atoms with Gasteiger partial charge in [-0.1, -0.05) is 29.8 Å². The van der Waals surface area contributed by atoms with Crippen LogP contribution in [0.4, 0.5) is 13.2 Å². The van der Waals surface area contributed by atoms with E-state index in [1.165, 1.54) is 43.7 Å². The van der Waals surface area contributed by atoms with Gasteiger partial charge in [-0.15, -0.1) is 0 Å². The standard InChI is InChI=1S/C27H24F3NO7S2/c1-19-8-11-23(12-9-19)39(32,33)31(18-22-6-4-14-37-22)17-20-10-13-25(36-2)26(15-20)38-40(34,35)24-7-3-5-21(16-24)27(28,29)30/h3-16H,17-18H2,1-2H3. The lowest BCUT2D eigenvalue weighted by molar-refractivity contribution is -0.137. The molecular formula is C27H24F3NO7S2. The molecule has 0 amide bonds. The number of sulfonamides is 1. The third-order valence-corrected chi connectivity index (χ3v) is 8.84. The van der Waals surface area contributed by atoms with Crippen molar-refractivity contribution in [3.8, 4) is 11.5 Å². The average molecular weight is 596 g/mol. The van der Waals surface area contributed by atoms with Gasteiger partial charge in [0.1, 0.15) is 10.7 Å². The van der Waals surface area contributed by atoms with Crippen molar-refractivity contribution < 1.29 is 43.3 Å². The van der Waals surface area contributed by atoms with Gasteiger partial charge in [0.25, 0.3) is 0 Å². The Labute approximate surface area is 229 Å². The molecule has 212 valence electrons. The Morgan fingerprint density at radius 3 is 2.17 bits per heavy atom. The van der Waals surface area contributed by atoms with Gasteiger partial charge < -0.3 is 13.3 Å². The van der Waals surface area contributed by atoms with Crippen molar-refractivity contribution in [2.24, 2.45) is 0 Å². The Balaban J connectivity index is 1.68. The highest BCUT2D eigenvalue weighted by molar-refractivity contribution is 7.89. The maximum absolute atomic E-state index is 13.5. The van der Waals surface area contributed by atoms with Crippen LogP contribution < -0.4 is 8.92 Å². The topological polar surface area (TPSA) is 103 Å². The molecule has 0 atom stereocenters. The van der Waals surface area contributed by atoms with Gasteiger partial charge in [-0.2, -0.15) is 25.9 Å². The molecule has 0 N–H and O–H groups in total. The number of hydrogen-bond donors (Lipinski definition) is 0. The van der Waals surface area contributed by atoms with Crippen LogP contribution in [-0.4, -0.2) is 28.3 Å². The molecule has 0 unspecified atom stereocenters. The molecule has 40 heavy (non-hydrogen) atoms. The lowest BCUT2D eigenvalue weighted by Gasteiger charge is -2.22. The molecule has 0 saturated heterocycles. The SMILES string of the molecule is COc1ccc(CN(Cc2ccco2)S(=O)(=O)c2ccc(C)cc2)cc1OS(=O)(=O)c1cccc(C(F)(F)F)c1. The highest BCUT2D eigenvalue weighted by Gasteiger charge is 2.32. The number of ether oxygens (including phenoxy) is 1. The number of hydrogen-bond acceptors (Lipinski definition) is 7. The molecule has 4 aromatic rings. The predicted molar refractivity (Wildman–Crippen MR) is 139 cm³/mol. The second kappa shape index (κ2) is 11.4. The molecule has 1 aromatic heterocycles. The summed E-state index contributed by atoms with van der Waals surface area (Å²) in [5.41, 5.74) is 0.0283. The molecule has 0 saturated carbocycles. The molecule has 0 aliphatic rings. The molecule has 0 bridgehead atoms. The molecule has 0 aliphatic carbocycles. The number of rotatable bonds is 10. The summed E-state index contributed by atoms with van der Waals surface area (Å²) in [6.07, 6.45) is -3.35. The van der Waals surface area contributed by atoms with Gasteiger partial charge >= 0.3 is 16.3 Å². The third kappa shape index (κ3) is 6.66. The number of benzene rings is 3. The lowest BCUT2D eigenvalue weighted by atomic mass is 10.2. The summed E-state index contributed by atoms with van der Waals surface area (Å²) >= 11 is 0. The van der Waals surface area contributed by atoms with Crippen LogP contribution in [0.15, 0.2) is 99.3 Å². The normalized spacial score (nSPS) is 12.4. The van der Waals surface area contributed by atoms with E-state index in [4.69, 9.17) is 13.3 Å². The minimum atomic E-state index is -4.76. The van der Waals surface area contributed by atoms with Crippen molar-refractivity contribution in [1.29, 1.82) is 0 Å². The first-order chi connectivity index (χ1) is 18.8. The van der Waals surface area contributed by atoms with E-state index in [1.54, 1.807) is 24.3 Å². The Hall–Kier alpha value is -3.81. The second-order valence-electron chi connectivity index (χ2n) is 8.71. The molecule has 0 fully saturated rings. The van der Waals surface area contributed by atoms with Crippen LogP contribution in [0.1, 0.15) is 22.5 Å². The molecule has 1 heterocycles. The zero-order valence-electron chi connectivity index (χ0n) is 21.3. The lowest BCUT2D eigenvalue weighted by Crippen LogP contribution is -2.30. The summed E-state index contributed by atoms with van der Waals surface area (Å²) in [7, 11) is -7.50. The smallest absolute Gasteiger partial charge is 0.416 e. The van der Waals surface area contributed by atoms with Crippen LogP contribution >= 0.6 is 0 Å². The molecule has 0 radical (unpaired) electrons. The van der Waals surface area contributed by atoms with E-state index < -0.39 is 36.8 Å². The quantitative estimate of drug-likeness (QED) is 0.214. The zero-order valence-corrected chi connectivity index (χ0v) is 22.9. The Kier molecular flexibility index (Phi) is 8.28. The van der Waals surface area contributed by atoms with E-state index in [9.17, 15) is 30.0 Å². The van der Waals surface area contributed by atoms with Crippen LogP contribution in [0.5, 0.6) is 11.5 Å². The van der Waals surface area contributed by atoms with Gasteiger partial charge in [0.15, 0.2) is 11.5 Å². The van der Waals surface area contributed by atoms with E-state index in [0.717, 1.165) is 28.1 Å². The van der Waals surface area contributed by atoms with E-state index in [2.05, 4.69) is 0 Å². The molecule has 8 nitrogen and oxygen atoms in total. The first-order valence-corrected chi connectivity index (χ1v) is 14.5. The Bertz CT molecular complexity index is 1680. The van der Waals surface area contributed by atoms with E-state index in [0.29, 0.717) is 17.4 Å². The number of furan rings is 1. The molecule has 13 heteroatoms. The maximum atomic E-state index is 13.5. The van der Waals surface area contributed by atoms with Crippen LogP contribution in [0.3, 0.4) is 0 Å². The first kappa shape index (κ1) is 29.2. The zero-order chi connectivity index (χ0) is 29.1. The summed E-state index contributed by atoms with van der Waals surface area (Å²) < 4.78 is 109. The highest BCUT2D eigenvalue weighted by atomic mass is 32.2. The molecular weight excluding hydrogens is 571 g/mol. The summed E-state index contributed by atoms with van der Waals surface area (Å²) in [6.45, 7) is 1.47. The summed E-state index contributed by atoms with van der Waals surface area (Å²) in [5, 5.41) is 0. The van der Waals surface area contributed by atoms with Crippen molar-refractivity contribution in [3.63, 3.8) is 0 Å². The molecule has 0 spiro atoms. The average Bonchev–Trinajstić information content (AvgIpc) is 3.41. The fourth-order valence-electron chi connectivity index (χ4n) is 3.74. The van der Waals surface area contributed by atoms with Crippen LogP contribution in [0.2, 0.25) is 0 Å². The van der Waals surface area contributed by atoms with Crippen molar-refractivity contribution >= 4 is 20.1 Å². The minimum Gasteiger partial charge on any atom is -0.493 e. The van der Waals surface area contributed by atoms with Gasteiger partial charge in [0, 0.05) is 6.54 Å². The Morgan fingerprint density at radius 1 is 0.825 bits per heavy atom. The number of halogens is 3. The molecule has 0 aliphatic heterocycles. The van der Waals surface area contributed by atoms with Gasteiger partial charge in [0.2, 0.25) is 10.0 Å². The van der Waals surface area contributed by atoms with Gasteiger partial charge in [-0.05, 0) is 67.1 Å². The van der Waals surface area contributed by atoms with Crippen molar-refractivity contribution in [2.75, 3.05) is 7.11 Å². The third-order valence-electron chi connectivity index (χ3n) is 5.81. The monoisotopic (exact) mass is 595 g/mol. The summed E-state index contributed by atoms with van der Waals surface area (Å²) in [4.78, 5) is -0.669. The van der Waals surface area contributed by atoms with Gasteiger partial charge in [-0.3, -0.25) is 0 Å².